The highest BCUT2D eigenvalue weighted by atomic mass is 16.5. The highest BCUT2D eigenvalue weighted by Crippen LogP contribution is 2.36. The summed E-state index contributed by atoms with van der Waals surface area (Å²) in [5.74, 6) is 0. The molecule has 0 aromatic carbocycles. The molecule has 4 nitrogen and oxygen atoms in total. The van der Waals surface area contributed by atoms with E-state index in [1.807, 2.05) is 0 Å². The normalized spacial score (nSPS) is 27.5. The Morgan fingerprint density at radius 2 is 1.94 bits per heavy atom. The number of hydrogen-bond donors (Lipinski definition) is 1. The van der Waals surface area contributed by atoms with Crippen molar-refractivity contribution in [2.45, 2.75) is 43.7 Å². The maximum atomic E-state index is 10.0. The molecule has 1 N–H and O–H groups in total. The number of rotatable bonds is 4. The summed E-state index contributed by atoms with van der Waals surface area (Å²) in [5, 5.41) is 10.0. The third-order valence-electron chi connectivity index (χ3n) is 4.56. The maximum absolute atomic E-state index is 10.0. The van der Waals surface area contributed by atoms with Crippen LogP contribution in [-0.2, 0) is 4.74 Å². The molecule has 4 heteroatoms. The molecule has 1 aliphatic carbocycles. The zero-order valence-electron chi connectivity index (χ0n) is 11.9. The van der Waals surface area contributed by atoms with Crippen LogP contribution in [0.2, 0.25) is 0 Å². The Hall–Kier alpha value is -0.160. The fourth-order valence-electron chi connectivity index (χ4n) is 3.68. The average Bonchev–Trinajstić information content (AvgIpc) is 2.34. The largest absolute Gasteiger partial charge is 0.389 e. The van der Waals surface area contributed by atoms with Gasteiger partial charge in [0, 0.05) is 38.8 Å². The van der Waals surface area contributed by atoms with Crippen LogP contribution in [0.3, 0.4) is 0 Å². The summed E-state index contributed by atoms with van der Waals surface area (Å²) >= 11 is 0. The average molecular weight is 256 g/mol. The Labute approximate surface area is 111 Å². The van der Waals surface area contributed by atoms with E-state index in [0.717, 1.165) is 26.2 Å². The van der Waals surface area contributed by atoms with Gasteiger partial charge in [0.1, 0.15) is 0 Å². The van der Waals surface area contributed by atoms with Gasteiger partial charge in [0.25, 0.3) is 0 Å². The molecule has 2 rings (SSSR count). The summed E-state index contributed by atoms with van der Waals surface area (Å²) in [7, 11) is 3.88. The molecule has 1 spiro atoms. The van der Waals surface area contributed by atoms with Crippen LogP contribution in [0.15, 0.2) is 0 Å². The second-order valence-electron chi connectivity index (χ2n) is 6.08. The molecule has 1 atom stereocenters. The van der Waals surface area contributed by atoms with Crippen LogP contribution in [-0.4, -0.2) is 73.5 Å². The SMILES string of the molecule is COC[C@H](O)CN1CCN(C)CC12CCCCC2. The van der Waals surface area contributed by atoms with Gasteiger partial charge in [0.15, 0.2) is 0 Å². The fourth-order valence-corrected chi connectivity index (χ4v) is 3.68. The third-order valence-corrected chi connectivity index (χ3v) is 4.56. The molecule has 106 valence electrons. The highest BCUT2D eigenvalue weighted by molar-refractivity contribution is 4.98. The molecule has 0 bridgehead atoms. The van der Waals surface area contributed by atoms with E-state index in [0.29, 0.717) is 12.1 Å². The molecule has 0 aromatic rings. The van der Waals surface area contributed by atoms with Crippen molar-refractivity contribution in [1.82, 2.24) is 9.80 Å². The summed E-state index contributed by atoms with van der Waals surface area (Å²) in [5.41, 5.74) is 0.319. The summed E-state index contributed by atoms with van der Waals surface area (Å²) in [6, 6.07) is 0. The first-order valence-electron chi connectivity index (χ1n) is 7.27. The molecular formula is C14H28N2O2. The molecule has 0 radical (unpaired) electrons. The third kappa shape index (κ3) is 3.23. The van der Waals surface area contributed by atoms with E-state index in [-0.39, 0.29) is 6.10 Å². The predicted molar refractivity (Wildman–Crippen MR) is 72.8 cm³/mol. The molecule has 0 unspecified atom stereocenters. The Balaban J connectivity index is 2.00. The van der Waals surface area contributed by atoms with Gasteiger partial charge >= 0.3 is 0 Å². The van der Waals surface area contributed by atoms with Crippen LogP contribution >= 0.6 is 0 Å². The Morgan fingerprint density at radius 3 is 2.61 bits per heavy atom. The predicted octanol–water partition coefficient (Wildman–Crippen LogP) is 0.944. The molecule has 0 amide bonds. The minimum Gasteiger partial charge on any atom is -0.389 e. The highest BCUT2D eigenvalue weighted by Gasteiger charge is 2.41. The van der Waals surface area contributed by atoms with Gasteiger partial charge < -0.3 is 14.7 Å². The van der Waals surface area contributed by atoms with Gasteiger partial charge in [-0.15, -0.1) is 0 Å². The van der Waals surface area contributed by atoms with E-state index in [2.05, 4.69) is 16.8 Å². The number of nitrogens with zero attached hydrogens (tertiary/aromatic N) is 2. The first kappa shape index (κ1) is 14.3. The molecule has 1 saturated carbocycles. The number of piperazine rings is 1. The number of aliphatic hydroxyl groups excluding tert-OH is 1. The number of methoxy groups -OCH3 is 1. The lowest BCUT2D eigenvalue weighted by atomic mass is 9.78. The number of hydrogen-bond acceptors (Lipinski definition) is 4. The molecule has 1 heterocycles. The molecule has 1 aliphatic heterocycles. The molecule has 2 fully saturated rings. The van der Waals surface area contributed by atoms with Gasteiger partial charge in [0.05, 0.1) is 12.7 Å². The number of aliphatic hydroxyl groups is 1. The second-order valence-corrected chi connectivity index (χ2v) is 6.08. The van der Waals surface area contributed by atoms with Gasteiger partial charge in [-0.2, -0.15) is 0 Å². The summed E-state index contributed by atoms with van der Waals surface area (Å²) < 4.78 is 5.05. The molecule has 0 aromatic heterocycles. The number of likely N-dealkylation sites (N-methyl/N-ethyl adjacent to an activating group) is 1. The molecule has 1 saturated heterocycles. The quantitative estimate of drug-likeness (QED) is 0.812. The van der Waals surface area contributed by atoms with Crippen molar-refractivity contribution in [3.8, 4) is 0 Å². The van der Waals surface area contributed by atoms with E-state index in [9.17, 15) is 5.11 Å². The van der Waals surface area contributed by atoms with Gasteiger partial charge in [-0.25, -0.2) is 0 Å². The van der Waals surface area contributed by atoms with Gasteiger partial charge in [-0.3, -0.25) is 4.90 Å². The van der Waals surface area contributed by atoms with Gasteiger partial charge in [-0.05, 0) is 19.9 Å². The zero-order valence-corrected chi connectivity index (χ0v) is 11.9. The van der Waals surface area contributed by atoms with Crippen LogP contribution in [0.4, 0.5) is 0 Å². The lowest BCUT2D eigenvalue weighted by Crippen LogP contribution is -2.63. The van der Waals surface area contributed by atoms with Crippen molar-refractivity contribution in [1.29, 1.82) is 0 Å². The van der Waals surface area contributed by atoms with Crippen molar-refractivity contribution < 1.29 is 9.84 Å². The fraction of sp³-hybridized carbons (Fsp3) is 1.00. The van der Waals surface area contributed by atoms with Crippen LogP contribution in [0.1, 0.15) is 32.1 Å². The van der Waals surface area contributed by atoms with E-state index in [1.165, 1.54) is 32.1 Å². The minimum absolute atomic E-state index is 0.319. The maximum Gasteiger partial charge on any atom is 0.0900 e. The molecule has 18 heavy (non-hydrogen) atoms. The van der Waals surface area contributed by atoms with Crippen LogP contribution in [0.5, 0.6) is 0 Å². The Kier molecular flexibility index (Phi) is 5.01. The second kappa shape index (κ2) is 6.33. The first-order chi connectivity index (χ1) is 8.66. The van der Waals surface area contributed by atoms with Crippen molar-refractivity contribution in [3.63, 3.8) is 0 Å². The minimum atomic E-state index is -0.350. The lowest BCUT2D eigenvalue weighted by molar-refractivity contribution is -0.0530. The van der Waals surface area contributed by atoms with E-state index >= 15 is 0 Å². The van der Waals surface area contributed by atoms with Crippen LogP contribution in [0.25, 0.3) is 0 Å². The first-order valence-corrected chi connectivity index (χ1v) is 7.27. The van der Waals surface area contributed by atoms with Crippen LogP contribution in [0, 0.1) is 0 Å². The summed E-state index contributed by atoms with van der Waals surface area (Å²) in [6.07, 6.45) is 6.28. The molecular weight excluding hydrogens is 228 g/mol. The van der Waals surface area contributed by atoms with Crippen molar-refractivity contribution >= 4 is 0 Å². The topological polar surface area (TPSA) is 35.9 Å². The summed E-state index contributed by atoms with van der Waals surface area (Å²) in [6.45, 7) is 4.57. The monoisotopic (exact) mass is 256 g/mol. The lowest BCUT2D eigenvalue weighted by Gasteiger charge is -2.52. The van der Waals surface area contributed by atoms with Gasteiger partial charge in [0.2, 0.25) is 0 Å². The van der Waals surface area contributed by atoms with E-state index in [4.69, 9.17) is 4.74 Å². The summed E-state index contributed by atoms with van der Waals surface area (Å²) in [4.78, 5) is 4.99. The smallest absolute Gasteiger partial charge is 0.0900 e. The van der Waals surface area contributed by atoms with Crippen molar-refractivity contribution in [2.75, 3.05) is 46.9 Å². The van der Waals surface area contributed by atoms with E-state index in [1.54, 1.807) is 7.11 Å². The van der Waals surface area contributed by atoms with Crippen LogP contribution < -0.4 is 0 Å². The van der Waals surface area contributed by atoms with Gasteiger partial charge in [-0.1, -0.05) is 19.3 Å². The van der Waals surface area contributed by atoms with Crippen molar-refractivity contribution in [2.24, 2.45) is 0 Å². The zero-order chi connectivity index (χ0) is 13.0. The Bertz CT molecular complexity index is 254. The van der Waals surface area contributed by atoms with E-state index < -0.39 is 0 Å². The standard InChI is InChI=1S/C14H28N2O2/c1-15-8-9-16(10-13(17)11-18-2)14(12-15)6-4-3-5-7-14/h13,17H,3-12H2,1-2H3/t13-/m1/s1. The number of β-amino-alcohol motifs (C(OH)–C–C–N with tert-alkyl or cyclic N) is 1. The number of ether oxygens (including phenoxy) is 1. The van der Waals surface area contributed by atoms with Crippen molar-refractivity contribution in [3.05, 3.63) is 0 Å². The molecule has 2 aliphatic rings. The Morgan fingerprint density at radius 1 is 1.22 bits per heavy atom.